The first-order valence-electron chi connectivity index (χ1n) is 6.78. The van der Waals surface area contributed by atoms with Gasteiger partial charge in [-0.25, -0.2) is 13.1 Å². The Morgan fingerprint density at radius 1 is 1.40 bits per heavy atom. The van der Waals surface area contributed by atoms with E-state index >= 15 is 0 Å². The molecule has 0 spiro atoms. The average molecular weight is 307 g/mol. The predicted molar refractivity (Wildman–Crippen MR) is 76.9 cm³/mol. The number of nitrogens with zero attached hydrogens (tertiary/aromatic N) is 1. The first kappa shape index (κ1) is 17.4. The fraction of sp³-hybridized carbons (Fsp3) is 0.917. The lowest BCUT2D eigenvalue weighted by atomic mass is 10.1. The summed E-state index contributed by atoms with van der Waals surface area (Å²) in [5, 5.41) is 2.86. The minimum absolute atomic E-state index is 0.00283. The van der Waals surface area contributed by atoms with Crippen molar-refractivity contribution in [2.24, 2.45) is 0 Å². The second-order valence-corrected chi connectivity index (χ2v) is 7.14. The van der Waals surface area contributed by atoms with E-state index in [2.05, 4.69) is 10.0 Å². The van der Waals surface area contributed by atoms with Crippen molar-refractivity contribution in [3.05, 3.63) is 0 Å². The highest BCUT2D eigenvalue weighted by Crippen LogP contribution is 2.10. The zero-order chi connectivity index (χ0) is 15.2. The van der Waals surface area contributed by atoms with Gasteiger partial charge in [0.2, 0.25) is 15.9 Å². The first-order chi connectivity index (χ1) is 9.30. The molecule has 1 atom stereocenters. The number of carbonyl (C=O) groups excluding carboxylic acids is 1. The van der Waals surface area contributed by atoms with E-state index in [1.54, 1.807) is 7.11 Å². The van der Waals surface area contributed by atoms with Crippen LogP contribution >= 0.6 is 0 Å². The molecule has 1 amide bonds. The minimum atomic E-state index is -3.15. The highest BCUT2D eigenvalue weighted by atomic mass is 32.2. The van der Waals surface area contributed by atoms with E-state index in [0.29, 0.717) is 13.2 Å². The van der Waals surface area contributed by atoms with E-state index in [4.69, 9.17) is 4.74 Å². The van der Waals surface area contributed by atoms with Crippen LogP contribution in [0.2, 0.25) is 0 Å². The largest absolute Gasteiger partial charge is 0.383 e. The Kier molecular flexibility index (Phi) is 6.87. The number of rotatable bonds is 7. The number of methoxy groups -OCH3 is 1. The maximum Gasteiger partial charge on any atom is 0.234 e. The monoisotopic (exact) mass is 307 g/mol. The van der Waals surface area contributed by atoms with Gasteiger partial charge in [-0.2, -0.15) is 0 Å². The molecule has 0 aromatic heterocycles. The highest BCUT2D eigenvalue weighted by molar-refractivity contribution is 7.88. The summed E-state index contributed by atoms with van der Waals surface area (Å²) in [6.45, 7) is 4.17. The molecule has 1 fully saturated rings. The van der Waals surface area contributed by atoms with Crippen LogP contribution in [0.15, 0.2) is 0 Å². The Morgan fingerprint density at radius 2 is 2.00 bits per heavy atom. The van der Waals surface area contributed by atoms with E-state index in [9.17, 15) is 13.2 Å². The Hall–Kier alpha value is -0.700. The minimum Gasteiger partial charge on any atom is -0.383 e. The number of ether oxygens (including phenoxy) is 1. The van der Waals surface area contributed by atoms with Gasteiger partial charge >= 0.3 is 0 Å². The van der Waals surface area contributed by atoms with Gasteiger partial charge in [0.1, 0.15) is 0 Å². The second-order valence-electron chi connectivity index (χ2n) is 5.36. The van der Waals surface area contributed by atoms with Crippen LogP contribution < -0.4 is 10.0 Å². The lowest BCUT2D eigenvalue weighted by molar-refractivity contribution is -0.123. The predicted octanol–water partition coefficient (Wildman–Crippen LogP) is -0.849. The quantitative estimate of drug-likeness (QED) is 0.640. The van der Waals surface area contributed by atoms with Crippen molar-refractivity contribution in [1.82, 2.24) is 14.9 Å². The molecular weight excluding hydrogens is 282 g/mol. The van der Waals surface area contributed by atoms with Crippen molar-refractivity contribution < 1.29 is 17.9 Å². The Morgan fingerprint density at radius 3 is 2.50 bits per heavy atom. The van der Waals surface area contributed by atoms with Crippen LogP contribution in [-0.4, -0.2) is 70.9 Å². The molecule has 1 aliphatic heterocycles. The maximum atomic E-state index is 11.8. The van der Waals surface area contributed by atoms with Crippen molar-refractivity contribution in [2.45, 2.75) is 31.8 Å². The molecule has 2 N–H and O–H groups in total. The van der Waals surface area contributed by atoms with Crippen molar-refractivity contribution in [1.29, 1.82) is 0 Å². The van der Waals surface area contributed by atoms with Crippen LogP contribution in [0.1, 0.15) is 19.8 Å². The van der Waals surface area contributed by atoms with Crippen molar-refractivity contribution in [3.8, 4) is 0 Å². The molecule has 20 heavy (non-hydrogen) atoms. The summed E-state index contributed by atoms with van der Waals surface area (Å²) in [4.78, 5) is 13.8. The summed E-state index contributed by atoms with van der Waals surface area (Å²) >= 11 is 0. The summed E-state index contributed by atoms with van der Waals surface area (Å²) < 4.78 is 29.9. The van der Waals surface area contributed by atoms with Gasteiger partial charge in [-0.1, -0.05) is 0 Å². The van der Waals surface area contributed by atoms with E-state index in [0.717, 1.165) is 25.9 Å². The molecule has 8 heteroatoms. The summed E-state index contributed by atoms with van der Waals surface area (Å²) in [5.41, 5.74) is 0. The average Bonchev–Trinajstić information content (AvgIpc) is 2.30. The van der Waals surface area contributed by atoms with Gasteiger partial charge in [-0.05, 0) is 19.8 Å². The summed E-state index contributed by atoms with van der Waals surface area (Å²) in [7, 11) is -1.55. The first-order valence-corrected chi connectivity index (χ1v) is 8.67. The molecule has 0 bridgehead atoms. The Balaban J connectivity index is 2.27. The third-order valence-electron chi connectivity index (χ3n) is 3.16. The van der Waals surface area contributed by atoms with Crippen LogP contribution in [0.25, 0.3) is 0 Å². The van der Waals surface area contributed by atoms with Crippen molar-refractivity contribution in [2.75, 3.05) is 39.6 Å². The molecule has 0 aliphatic carbocycles. The number of likely N-dealkylation sites (tertiary alicyclic amines) is 1. The molecule has 1 rings (SSSR count). The van der Waals surface area contributed by atoms with Crippen molar-refractivity contribution in [3.63, 3.8) is 0 Å². The van der Waals surface area contributed by atoms with Crippen LogP contribution in [0.5, 0.6) is 0 Å². The molecule has 0 radical (unpaired) electrons. The zero-order valence-corrected chi connectivity index (χ0v) is 13.2. The third kappa shape index (κ3) is 7.18. The fourth-order valence-corrected chi connectivity index (χ4v) is 3.17. The van der Waals surface area contributed by atoms with Gasteiger partial charge in [-0.3, -0.25) is 9.69 Å². The molecule has 118 valence electrons. The normalized spacial score (nSPS) is 19.8. The number of nitrogens with one attached hydrogen (secondary N) is 2. The highest BCUT2D eigenvalue weighted by Gasteiger charge is 2.23. The van der Waals surface area contributed by atoms with Crippen LogP contribution in [0, 0.1) is 0 Å². The van der Waals surface area contributed by atoms with Gasteiger partial charge < -0.3 is 10.1 Å². The van der Waals surface area contributed by atoms with Crippen LogP contribution in [-0.2, 0) is 19.6 Å². The molecule has 1 heterocycles. The number of piperidine rings is 1. The molecule has 7 nitrogen and oxygen atoms in total. The van der Waals surface area contributed by atoms with Gasteiger partial charge in [0.25, 0.3) is 0 Å². The van der Waals surface area contributed by atoms with E-state index in [-0.39, 0.29) is 18.0 Å². The Labute approximate surface area is 121 Å². The summed E-state index contributed by atoms with van der Waals surface area (Å²) in [5.74, 6) is -0.0240. The van der Waals surface area contributed by atoms with E-state index in [1.807, 2.05) is 11.8 Å². The third-order valence-corrected chi connectivity index (χ3v) is 3.92. The van der Waals surface area contributed by atoms with E-state index in [1.165, 1.54) is 6.26 Å². The molecule has 0 unspecified atom stereocenters. The SMILES string of the molecule is COC[C@@H](C)NC(=O)CN1CCC(NS(C)(=O)=O)CC1. The number of hydrogen-bond donors (Lipinski definition) is 2. The van der Waals surface area contributed by atoms with Gasteiger partial charge in [0.15, 0.2) is 0 Å². The topological polar surface area (TPSA) is 87.7 Å². The molecule has 1 aliphatic rings. The Bertz CT molecular complexity index is 405. The number of sulfonamides is 1. The molecule has 1 saturated heterocycles. The fourth-order valence-electron chi connectivity index (χ4n) is 2.33. The molecular formula is C12H25N3O4S. The van der Waals surface area contributed by atoms with Gasteiger partial charge in [-0.15, -0.1) is 0 Å². The van der Waals surface area contributed by atoms with Gasteiger partial charge in [0, 0.05) is 32.3 Å². The molecule has 0 aromatic carbocycles. The number of amides is 1. The van der Waals surface area contributed by atoms with Crippen molar-refractivity contribution >= 4 is 15.9 Å². The molecule has 0 aromatic rings. The second kappa shape index (κ2) is 7.92. The lowest BCUT2D eigenvalue weighted by Gasteiger charge is -2.31. The summed E-state index contributed by atoms with van der Waals surface area (Å²) in [6, 6.07) is -0.0198. The molecule has 0 saturated carbocycles. The maximum absolute atomic E-state index is 11.8. The zero-order valence-electron chi connectivity index (χ0n) is 12.4. The van der Waals surface area contributed by atoms with Crippen LogP contribution in [0.3, 0.4) is 0 Å². The van der Waals surface area contributed by atoms with Crippen LogP contribution in [0.4, 0.5) is 0 Å². The standard InChI is InChI=1S/C12H25N3O4S/c1-10(9-19-2)13-12(16)8-15-6-4-11(5-7-15)14-20(3,17)18/h10-11,14H,4-9H2,1-3H3,(H,13,16)/t10-/m1/s1. The lowest BCUT2D eigenvalue weighted by Crippen LogP contribution is -2.48. The summed E-state index contributed by atoms with van der Waals surface area (Å²) in [6.07, 6.45) is 2.63. The number of carbonyl (C=O) groups is 1. The number of hydrogen-bond acceptors (Lipinski definition) is 5. The van der Waals surface area contributed by atoms with E-state index < -0.39 is 10.0 Å². The smallest absolute Gasteiger partial charge is 0.234 e. The van der Waals surface area contributed by atoms with Gasteiger partial charge in [0.05, 0.1) is 19.4 Å².